The number of hydrogen-bond donors (Lipinski definition) is 0. The number of ether oxygens (including phenoxy) is 1. The summed E-state index contributed by atoms with van der Waals surface area (Å²) >= 11 is 2.01. The maximum absolute atomic E-state index is 12.6. The molecule has 2 saturated carbocycles. The maximum Gasteiger partial charge on any atom is 1.00 e. The molecular weight excluding hydrogens is 607 g/mol. The average molecular weight is 659 g/mol. The molecule has 0 aromatic heterocycles. The van der Waals surface area contributed by atoms with Crippen molar-refractivity contribution < 1.29 is 82.9 Å². The molecule has 1 aliphatic heterocycles. The molecule has 0 N–H and O–H groups in total. The van der Waals surface area contributed by atoms with E-state index in [0.29, 0.717) is 36.9 Å². The van der Waals surface area contributed by atoms with E-state index in [1.807, 2.05) is 24.9 Å². The predicted molar refractivity (Wildman–Crippen MR) is 164 cm³/mol. The predicted octanol–water partition coefficient (Wildman–Crippen LogP) is 7.65. The van der Waals surface area contributed by atoms with Crippen molar-refractivity contribution >= 4 is 17.5 Å². The SMILES string of the molecule is CC(=O)C12CCCC1CC(C)C2.CC(F)(F)c1c[c-]cc(C(F)(F)F)c1.COC1CSCCC1C.[CH2-]C(C)C[CH-]CC.[K+]. The summed E-state index contributed by atoms with van der Waals surface area (Å²) in [5, 5.41) is 0. The van der Waals surface area contributed by atoms with Crippen LogP contribution in [0.1, 0.15) is 104 Å². The second-order valence-electron chi connectivity index (χ2n) is 12.4. The molecule has 1 aromatic carbocycles. The molecule has 9 heteroatoms. The van der Waals surface area contributed by atoms with Crippen LogP contribution < -0.4 is 51.4 Å². The van der Waals surface area contributed by atoms with E-state index in [0.717, 1.165) is 30.2 Å². The van der Waals surface area contributed by atoms with Crippen LogP contribution in [0.15, 0.2) is 18.2 Å². The van der Waals surface area contributed by atoms with Crippen molar-refractivity contribution in [1.29, 1.82) is 0 Å². The molecule has 3 fully saturated rings. The van der Waals surface area contributed by atoms with E-state index in [4.69, 9.17) is 4.74 Å². The van der Waals surface area contributed by atoms with Gasteiger partial charge in [0.2, 0.25) is 5.92 Å². The number of unbranched alkanes of at least 4 members (excludes halogenated alkanes) is 1. The molecule has 3 aliphatic rings. The fraction of sp³-hybridized carbons (Fsp3) is 0.735. The minimum Gasteiger partial charge on any atom is -0.380 e. The zero-order chi connectivity index (χ0) is 32.1. The van der Waals surface area contributed by atoms with Gasteiger partial charge in [-0.25, -0.2) is 15.2 Å². The van der Waals surface area contributed by atoms with Gasteiger partial charge in [0.05, 0.1) is 6.10 Å². The molecule has 0 bridgehead atoms. The number of fused-ring (bicyclic) bond motifs is 1. The number of thioether (sulfide) groups is 1. The van der Waals surface area contributed by atoms with Gasteiger partial charge in [-0.05, 0) is 69.5 Å². The van der Waals surface area contributed by atoms with Gasteiger partial charge in [0.15, 0.2) is 0 Å². The van der Waals surface area contributed by atoms with Crippen LogP contribution in [0, 0.1) is 48.5 Å². The number of halogens is 5. The number of carbonyl (C=O) groups excluding carboxylic acids is 1. The van der Waals surface area contributed by atoms with Crippen LogP contribution in [0.3, 0.4) is 0 Å². The molecule has 244 valence electrons. The normalized spacial score (nSPS) is 27.1. The molecule has 6 atom stereocenters. The van der Waals surface area contributed by atoms with Crippen molar-refractivity contribution in [3.05, 3.63) is 48.7 Å². The van der Waals surface area contributed by atoms with Crippen LogP contribution in [0.5, 0.6) is 0 Å². The van der Waals surface area contributed by atoms with Gasteiger partial charge in [-0.1, -0.05) is 45.2 Å². The number of hydrogen-bond acceptors (Lipinski definition) is 3. The quantitative estimate of drug-likeness (QED) is 0.179. The number of alkyl halides is 5. The second-order valence-corrected chi connectivity index (χ2v) is 13.5. The third-order valence-electron chi connectivity index (χ3n) is 8.48. The Hall–Kier alpha value is 0.486. The molecule has 0 amide bonds. The Labute approximate surface area is 305 Å². The molecule has 0 radical (unpaired) electrons. The fourth-order valence-corrected chi connectivity index (χ4v) is 7.42. The molecule has 1 saturated heterocycles. The third-order valence-corrected chi connectivity index (χ3v) is 9.56. The minimum atomic E-state index is -4.61. The summed E-state index contributed by atoms with van der Waals surface area (Å²) in [4.78, 5) is 11.6. The van der Waals surface area contributed by atoms with Gasteiger partial charge < -0.3 is 18.1 Å². The zero-order valence-corrected chi connectivity index (χ0v) is 31.5. The summed E-state index contributed by atoms with van der Waals surface area (Å²) < 4.78 is 66.8. The smallest absolute Gasteiger partial charge is 0.380 e. The molecule has 4 rings (SSSR count). The van der Waals surface area contributed by atoms with E-state index in [-0.39, 0.29) is 56.8 Å². The number of ketones is 1. The molecule has 0 spiro atoms. The summed E-state index contributed by atoms with van der Waals surface area (Å²) in [7, 11) is 1.81. The van der Waals surface area contributed by atoms with Crippen molar-refractivity contribution in [1.82, 2.24) is 0 Å². The van der Waals surface area contributed by atoms with Gasteiger partial charge in [-0.2, -0.15) is 61.5 Å². The summed E-state index contributed by atoms with van der Waals surface area (Å²) in [6.45, 7) is 15.0. The number of benzene rings is 1. The number of Topliss-reactive ketones (excluding diaryl/α,β-unsaturated/α-hetero) is 1. The summed E-state index contributed by atoms with van der Waals surface area (Å²) in [6, 6.07) is 3.95. The van der Waals surface area contributed by atoms with Gasteiger partial charge in [0.25, 0.3) is 0 Å². The minimum absolute atomic E-state index is 0. The van der Waals surface area contributed by atoms with Crippen molar-refractivity contribution in [3.63, 3.8) is 0 Å². The maximum atomic E-state index is 12.6. The monoisotopic (exact) mass is 658 g/mol. The first-order valence-electron chi connectivity index (χ1n) is 15.2. The Kier molecular flexibility index (Phi) is 20.9. The Morgan fingerprint density at radius 2 is 1.84 bits per heavy atom. The van der Waals surface area contributed by atoms with E-state index in [2.05, 4.69) is 41.0 Å². The van der Waals surface area contributed by atoms with E-state index in [1.165, 1.54) is 56.5 Å². The van der Waals surface area contributed by atoms with Crippen LogP contribution in [0.25, 0.3) is 0 Å². The molecule has 6 unspecified atom stereocenters. The molecular formula is C34H52F5KO2S-2. The molecule has 43 heavy (non-hydrogen) atoms. The number of carbonyl (C=O) groups is 1. The standard InChI is InChI=1S/C11H18O.C9H6F5.C7H14OS.C7H14.K/c1-8-6-10-4-3-5-11(10,7-8)9(2)12;1-8(10,11)6-3-2-4-7(5-6)9(12,13)14;1-6-3-4-9-5-7(6)8-2;1-4-5-6-7(2)3;/h8,10H,3-7H2,1-2H3;3-5H,1H3;6-7H,3-5H2,1-2H3;5,7H,2,4,6H2,1,3H3;/q;-1;;-2;+1. The van der Waals surface area contributed by atoms with Crippen molar-refractivity contribution in [2.75, 3.05) is 18.6 Å². The number of methoxy groups -OCH3 is 1. The zero-order valence-electron chi connectivity index (χ0n) is 27.6. The largest absolute Gasteiger partial charge is 1.00 e. The van der Waals surface area contributed by atoms with Crippen LogP contribution in [0.2, 0.25) is 0 Å². The van der Waals surface area contributed by atoms with Crippen molar-refractivity contribution in [3.8, 4) is 0 Å². The first-order valence-corrected chi connectivity index (χ1v) is 16.4. The summed E-state index contributed by atoms with van der Waals surface area (Å²) in [5.74, 6) is 2.60. The average Bonchev–Trinajstić information content (AvgIpc) is 3.45. The molecule has 1 aromatic rings. The first kappa shape index (κ1) is 43.5. The fourth-order valence-electron chi connectivity index (χ4n) is 6.01. The summed E-state index contributed by atoms with van der Waals surface area (Å²) in [5.41, 5.74) is -1.66. The number of rotatable bonds is 6. The Bertz CT molecular complexity index is 892. The van der Waals surface area contributed by atoms with Crippen LogP contribution >= 0.6 is 11.8 Å². The molecule has 1 heterocycles. The topological polar surface area (TPSA) is 26.3 Å². The van der Waals surface area contributed by atoms with Gasteiger partial charge in [-0.3, -0.25) is 4.79 Å². The second kappa shape index (κ2) is 20.7. The third kappa shape index (κ3) is 15.3. The van der Waals surface area contributed by atoms with Gasteiger partial charge in [0.1, 0.15) is 5.78 Å². The Balaban J connectivity index is 0.000000560. The van der Waals surface area contributed by atoms with Gasteiger partial charge >= 0.3 is 57.6 Å². The van der Waals surface area contributed by atoms with E-state index in [1.54, 1.807) is 6.92 Å². The summed E-state index contributed by atoms with van der Waals surface area (Å²) in [6.07, 6.45) is 8.09. The van der Waals surface area contributed by atoms with E-state index in [9.17, 15) is 26.7 Å². The van der Waals surface area contributed by atoms with Crippen LogP contribution in [0.4, 0.5) is 22.0 Å². The Morgan fingerprint density at radius 1 is 1.21 bits per heavy atom. The van der Waals surface area contributed by atoms with Crippen LogP contribution in [-0.2, 0) is 21.6 Å². The van der Waals surface area contributed by atoms with Gasteiger partial charge in [0, 0.05) is 18.3 Å². The van der Waals surface area contributed by atoms with E-state index < -0.39 is 23.2 Å². The van der Waals surface area contributed by atoms with Crippen molar-refractivity contribution in [2.45, 2.75) is 111 Å². The van der Waals surface area contributed by atoms with Gasteiger partial charge in [-0.15, -0.1) is 0 Å². The van der Waals surface area contributed by atoms with Crippen molar-refractivity contribution in [2.24, 2.45) is 29.1 Å². The van der Waals surface area contributed by atoms with E-state index >= 15 is 0 Å². The van der Waals surface area contributed by atoms with Crippen LogP contribution in [-0.4, -0.2) is 30.5 Å². The molecule has 2 aliphatic carbocycles. The molecule has 2 nitrogen and oxygen atoms in total. The first-order chi connectivity index (χ1) is 19.5. The Morgan fingerprint density at radius 3 is 2.26 bits per heavy atom.